The number of rotatable bonds is 24. The Morgan fingerprint density at radius 1 is 0.541 bits per heavy atom. The normalized spacial score (nSPS) is 11.7. The highest BCUT2D eigenvalue weighted by molar-refractivity contribution is 8.55. The zero-order chi connectivity index (χ0) is 26.3. The summed E-state index contributed by atoms with van der Waals surface area (Å²) in [5.41, 5.74) is 2.02. The van der Waals surface area contributed by atoms with Gasteiger partial charge in [0.05, 0.1) is 13.2 Å². The molecule has 0 radical (unpaired) electrons. The molecule has 0 unspecified atom stereocenters. The van der Waals surface area contributed by atoms with E-state index in [0.717, 1.165) is 23.3 Å². The van der Waals surface area contributed by atoms with Crippen molar-refractivity contribution in [3.63, 3.8) is 0 Å². The lowest BCUT2D eigenvalue weighted by atomic mass is 10.0. The van der Waals surface area contributed by atoms with E-state index in [1.807, 2.05) is 60.7 Å². The maximum Gasteiger partial charge on any atom is 0.389 e. The SMILES string of the molecule is CCCCCCCCCCCCCCCCCCSP(=O)(OCc1ccccc1)OCc1ccccc1. The van der Waals surface area contributed by atoms with E-state index in [2.05, 4.69) is 6.92 Å². The second-order valence-electron chi connectivity index (χ2n) is 10.1. The Balaban J connectivity index is 1.51. The van der Waals surface area contributed by atoms with Crippen molar-refractivity contribution >= 4 is 18.2 Å². The first-order chi connectivity index (χ1) is 18.2. The van der Waals surface area contributed by atoms with E-state index in [1.165, 1.54) is 108 Å². The molecule has 37 heavy (non-hydrogen) atoms. The summed E-state index contributed by atoms with van der Waals surface area (Å²) in [7, 11) is 0. The molecular weight excluding hydrogens is 495 g/mol. The molecule has 0 heterocycles. The third-order valence-electron chi connectivity index (χ3n) is 6.71. The van der Waals surface area contributed by atoms with E-state index >= 15 is 0 Å². The standard InChI is InChI=1S/C32H51O3PS/c1-2-3-4-5-6-7-8-9-10-11-12-13-14-15-16-23-28-37-36(33,34-29-31-24-19-17-20-25-31)35-30-32-26-21-18-22-27-32/h17-22,24-27H,2-16,23,28-30H2,1H3. The Labute approximate surface area is 231 Å². The van der Waals surface area contributed by atoms with Crippen LogP contribution in [-0.4, -0.2) is 5.75 Å². The minimum Gasteiger partial charge on any atom is -0.296 e. The minimum absolute atomic E-state index is 0.304. The van der Waals surface area contributed by atoms with Gasteiger partial charge in [0.2, 0.25) is 0 Å². The summed E-state index contributed by atoms with van der Waals surface area (Å²) in [5.74, 6) is 0.805. The number of hydrogen-bond acceptors (Lipinski definition) is 4. The van der Waals surface area contributed by atoms with Crippen molar-refractivity contribution in [1.29, 1.82) is 0 Å². The van der Waals surface area contributed by atoms with E-state index < -0.39 is 6.80 Å². The molecule has 0 saturated carbocycles. The molecule has 0 aromatic heterocycles. The van der Waals surface area contributed by atoms with Crippen molar-refractivity contribution in [2.45, 2.75) is 123 Å². The minimum atomic E-state index is -3.22. The first kappa shape index (κ1) is 32.2. The monoisotopic (exact) mass is 546 g/mol. The smallest absolute Gasteiger partial charge is 0.296 e. The van der Waals surface area contributed by atoms with Crippen LogP contribution in [-0.2, 0) is 26.8 Å². The lowest BCUT2D eigenvalue weighted by Gasteiger charge is -2.18. The molecule has 2 rings (SSSR count). The molecule has 0 aliphatic rings. The summed E-state index contributed by atoms with van der Waals surface area (Å²) in [5, 5.41) is 0. The largest absolute Gasteiger partial charge is 0.389 e. The Kier molecular flexibility index (Phi) is 19.0. The van der Waals surface area contributed by atoms with Gasteiger partial charge >= 0.3 is 6.80 Å². The van der Waals surface area contributed by atoms with Gasteiger partial charge in [0, 0.05) is 5.75 Å². The number of hydrogen-bond donors (Lipinski definition) is 0. The molecule has 0 atom stereocenters. The fraction of sp³-hybridized carbons (Fsp3) is 0.625. The van der Waals surface area contributed by atoms with E-state index in [0.29, 0.717) is 13.2 Å². The highest BCUT2D eigenvalue weighted by Crippen LogP contribution is 2.61. The van der Waals surface area contributed by atoms with Gasteiger partial charge in [-0.3, -0.25) is 9.05 Å². The van der Waals surface area contributed by atoms with Crippen LogP contribution in [0, 0.1) is 0 Å². The summed E-state index contributed by atoms with van der Waals surface area (Å²) in [4.78, 5) is 0. The summed E-state index contributed by atoms with van der Waals surface area (Å²) < 4.78 is 25.2. The van der Waals surface area contributed by atoms with Crippen molar-refractivity contribution in [2.75, 3.05) is 5.75 Å². The number of benzene rings is 2. The van der Waals surface area contributed by atoms with Crippen LogP contribution in [0.1, 0.15) is 121 Å². The highest BCUT2D eigenvalue weighted by atomic mass is 32.7. The van der Waals surface area contributed by atoms with Crippen LogP contribution in [0.15, 0.2) is 60.7 Å². The first-order valence-electron chi connectivity index (χ1n) is 14.8. The number of unbranched alkanes of at least 4 members (excludes halogenated alkanes) is 15. The average Bonchev–Trinajstić information content (AvgIpc) is 2.94. The van der Waals surface area contributed by atoms with Gasteiger partial charge in [0.15, 0.2) is 0 Å². The van der Waals surface area contributed by atoms with Gasteiger partial charge in [-0.2, -0.15) is 0 Å². The van der Waals surface area contributed by atoms with E-state index in [9.17, 15) is 4.57 Å². The van der Waals surface area contributed by atoms with Gasteiger partial charge in [-0.15, -0.1) is 0 Å². The zero-order valence-corrected chi connectivity index (χ0v) is 25.0. The lowest BCUT2D eigenvalue weighted by Crippen LogP contribution is -1.96. The Bertz CT molecular complexity index is 768. The van der Waals surface area contributed by atoms with Crippen LogP contribution >= 0.6 is 18.2 Å². The lowest BCUT2D eigenvalue weighted by molar-refractivity contribution is 0.207. The molecule has 0 aliphatic carbocycles. The molecule has 5 heteroatoms. The van der Waals surface area contributed by atoms with Crippen LogP contribution in [0.25, 0.3) is 0 Å². The molecular formula is C32H51O3PS. The summed E-state index contributed by atoms with van der Waals surface area (Å²) in [6, 6.07) is 19.8. The van der Waals surface area contributed by atoms with Gasteiger partial charge in [-0.05, 0) is 28.9 Å². The molecule has 0 amide bonds. The van der Waals surface area contributed by atoms with Crippen LogP contribution in [0.4, 0.5) is 0 Å². The van der Waals surface area contributed by atoms with Crippen LogP contribution < -0.4 is 0 Å². The van der Waals surface area contributed by atoms with Crippen LogP contribution in [0.5, 0.6) is 0 Å². The Hall–Kier alpha value is -1.06. The van der Waals surface area contributed by atoms with Crippen LogP contribution in [0.3, 0.4) is 0 Å². The maximum absolute atomic E-state index is 13.4. The predicted octanol–water partition coefficient (Wildman–Crippen LogP) is 11.5. The molecule has 0 spiro atoms. The van der Waals surface area contributed by atoms with Crippen molar-refractivity contribution in [3.8, 4) is 0 Å². The summed E-state index contributed by atoms with van der Waals surface area (Å²) in [6.45, 7) is -0.330. The van der Waals surface area contributed by atoms with E-state index in [-0.39, 0.29) is 0 Å². The fourth-order valence-electron chi connectivity index (χ4n) is 4.39. The van der Waals surface area contributed by atoms with Gasteiger partial charge in [0.25, 0.3) is 0 Å². The van der Waals surface area contributed by atoms with Gasteiger partial charge < -0.3 is 0 Å². The van der Waals surface area contributed by atoms with Crippen molar-refractivity contribution in [1.82, 2.24) is 0 Å². The third kappa shape index (κ3) is 17.2. The van der Waals surface area contributed by atoms with E-state index in [4.69, 9.17) is 9.05 Å². The molecule has 0 N–H and O–H groups in total. The fourth-order valence-corrected chi connectivity index (χ4v) is 7.61. The van der Waals surface area contributed by atoms with Crippen molar-refractivity contribution in [2.24, 2.45) is 0 Å². The molecule has 0 saturated heterocycles. The zero-order valence-electron chi connectivity index (χ0n) is 23.3. The third-order valence-corrected chi connectivity index (χ3v) is 10.5. The molecule has 0 bridgehead atoms. The first-order valence-corrected chi connectivity index (χ1v) is 18.0. The van der Waals surface area contributed by atoms with Gasteiger partial charge in [-0.1, -0.05) is 164 Å². The second kappa shape index (κ2) is 21.8. The van der Waals surface area contributed by atoms with E-state index in [1.54, 1.807) is 0 Å². The molecule has 0 fully saturated rings. The van der Waals surface area contributed by atoms with Crippen molar-refractivity contribution < 1.29 is 13.6 Å². The van der Waals surface area contributed by atoms with Crippen molar-refractivity contribution in [3.05, 3.63) is 71.8 Å². The second-order valence-corrected chi connectivity index (χ2v) is 14.3. The average molecular weight is 547 g/mol. The molecule has 208 valence electrons. The Morgan fingerprint density at radius 2 is 0.892 bits per heavy atom. The highest BCUT2D eigenvalue weighted by Gasteiger charge is 2.25. The predicted molar refractivity (Wildman–Crippen MR) is 162 cm³/mol. The Morgan fingerprint density at radius 3 is 1.27 bits per heavy atom. The summed E-state index contributed by atoms with van der Waals surface area (Å²) >= 11 is 1.36. The molecule has 2 aromatic carbocycles. The summed E-state index contributed by atoms with van der Waals surface area (Å²) in [6.07, 6.45) is 21.7. The molecule has 2 aromatic rings. The molecule has 0 aliphatic heterocycles. The quantitative estimate of drug-likeness (QED) is 0.0969. The molecule has 3 nitrogen and oxygen atoms in total. The maximum atomic E-state index is 13.4. The van der Waals surface area contributed by atoms with Gasteiger partial charge in [-0.25, -0.2) is 4.57 Å². The van der Waals surface area contributed by atoms with Crippen LogP contribution in [0.2, 0.25) is 0 Å². The topological polar surface area (TPSA) is 35.5 Å². The van der Waals surface area contributed by atoms with Gasteiger partial charge in [0.1, 0.15) is 0 Å².